The van der Waals surface area contributed by atoms with Crippen LogP contribution < -0.4 is 14.4 Å². The quantitative estimate of drug-likeness (QED) is 0.693. The van der Waals surface area contributed by atoms with Crippen molar-refractivity contribution in [2.75, 3.05) is 24.7 Å². The number of hydrogen-bond donors (Lipinski definition) is 0. The molecule has 1 saturated heterocycles. The van der Waals surface area contributed by atoms with E-state index < -0.39 is 0 Å². The summed E-state index contributed by atoms with van der Waals surface area (Å²) >= 11 is 1.77. The fourth-order valence-electron chi connectivity index (χ4n) is 3.66. The summed E-state index contributed by atoms with van der Waals surface area (Å²) in [6.45, 7) is 2.29. The van der Waals surface area contributed by atoms with Crippen molar-refractivity contribution in [3.8, 4) is 11.5 Å². The number of benzene rings is 2. The number of para-hydroxylation sites is 2. The molecule has 0 saturated carbocycles. The lowest BCUT2D eigenvalue weighted by atomic mass is 10.0. The molecule has 1 atom stereocenters. The Kier molecular flexibility index (Phi) is 3.33. The molecular weight excluding hydrogens is 320 g/mol. The zero-order valence-electron chi connectivity index (χ0n) is 13.3. The number of hydrogen-bond acceptors (Lipinski definition) is 5. The highest BCUT2D eigenvalue weighted by Gasteiger charge is 2.32. The van der Waals surface area contributed by atoms with Crippen molar-refractivity contribution in [1.29, 1.82) is 0 Å². The Morgan fingerprint density at radius 1 is 1.04 bits per heavy atom. The number of rotatable bonds is 2. The molecule has 2 aliphatic heterocycles. The minimum atomic E-state index is 0.308. The minimum absolute atomic E-state index is 0.308. The van der Waals surface area contributed by atoms with Crippen LogP contribution in [0.2, 0.25) is 0 Å². The van der Waals surface area contributed by atoms with Gasteiger partial charge in [0.15, 0.2) is 16.6 Å². The molecule has 24 heavy (non-hydrogen) atoms. The second-order valence-electron chi connectivity index (χ2n) is 6.19. The number of aromatic nitrogens is 1. The molecule has 0 N–H and O–H groups in total. The molecule has 5 heteroatoms. The largest absolute Gasteiger partial charge is 0.486 e. The van der Waals surface area contributed by atoms with E-state index in [2.05, 4.69) is 35.2 Å². The smallest absolute Gasteiger partial charge is 0.186 e. The lowest BCUT2D eigenvalue weighted by molar-refractivity contribution is 0.169. The lowest BCUT2D eigenvalue weighted by Crippen LogP contribution is -2.24. The number of nitrogens with zero attached hydrogens (tertiary/aromatic N) is 2. The number of thiazole rings is 1. The summed E-state index contributed by atoms with van der Waals surface area (Å²) in [7, 11) is 0. The summed E-state index contributed by atoms with van der Waals surface area (Å²) in [5.41, 5.74) is 2.31. The Morgan fingerprint density at radius 2 is 1.96 bits per heavy atom. The average Bonchev–Trinajstić information content (AvgIpc) is 3.27. The first kappa shape index (κ1) is 14.1. The number of ether oxygens (including phenoxy) is 2. The van der Waals surface area contributed by atoms with Gasteiger partial charge in [0.1, 0.15) is 13.2 Å². The van der Waals surface area contributed by atoms with Crippen molar-refractivity contribution < 1.29 is 9.47 Å². The van der Waals surface area contributed by atoms with Crippen molar-refractivity contribution in [2.24, 2.45) is 0 Å². The molecule has 0 radical (unpaired) electrons. The maximum Gasteiger partial charge on any atom is 0.186 e. The SMILES string of the molecule is c1cc2c(c(C3CCCN3c3nc4ccccc4s3)c1)OCCO2. The van der Waals surface area contributed by atoms with Crippen molar-refractivity contribution in [1.82, 2.24) is 4.98 Å². The van der Waals surface area contributed by atoms with Crippen LogP contribution in [0.3, 0.4) is 0 Å². The van der Waals surface area contributed by atoms with Gasteiger partial charge in [-0.1, -0.05) is 35.6 Å². The maximum atomic E-state index is 5.94. The van der Waals surface area contributed by atoms with Crippen molar-refractivity contribution in [3.63, 3.8) is 0 Å². The summed E-state index contributed by atoms with van der Waals surface area (Å²) in [6, 6.07) is 14.9. The predicted molar refractivity (Wildman–Crippen MR) is 96.4 cm³/mol. The Morgan fingerprint density at radius 3 is 2.92 bits per heavy atom. The van der Waals surface area contributed by atoms with Crippen LogP contribution >= 0.6 is 11.3 Å². The summed E-state index contributed by atoms with van der Waals surface area (Å²) in [5, 5.41) is 1.10. The molecule has 3 aromatic rings. The highest BCUT2D eigenvalue weighted by Crippen LogP contribution is 2.45. The van der Waals surface area contributed by atoms with Crippen LogP contribution in [0.1, 0.15) is 24.4 Å². The monoisotopic (exact) mass is 338 g/mol. The van der Waals surface area contributed by atoms with Gasteiger partial charge in [-0.25, -0.2) is 4.98 Å². The molecule has 1 aromatic heterocycles. The van der Waals surface area contributed by atoms with Crippen LogP contribution in [0, 0.1) is 0 Å². The molecule has 1 unspecified atom stereocenters. The normalized spacial score (nSPS) is 19.8. The third-order valence-electron chi connectivity index (χ3n) is 4.74. The topological polar surface area (TPSA) is 34.6 Å². The van der Waals surface area contributed by atoms with Crippen LogP contribution in [0.25, 0.3) is 10.2 Å². The first-order chi connectivity index (χ1) is 11.9. The zero-order chi connectivity index (χ0) is 15.9. The predicted octanol–water partition coefficient (Wildman–Crippen LogP) is 4.41. The molecule has 5 rings (SSSR count). The van der Waals surface area contributed by atoms with E-state index in [1.54, 1.807) is 11.3 Å². The minimum Gasteiger partial charge on any atom is -0.486 e. The van der Waals surface area contributed by atoms with Gasteiger partial charge < -0.3 is 14.4 Å². The number of fused-ring (bicyclic) bond motifs is 2. The van der Waals surface area contributed by atoms with Crippen molar-refractivity contribution in [3.05, 3.63) is 48.0 Å². The third kappa shape index (κ3) is 2.23. The van der Waals surface area contributed by atoms with Crippen LogP contribution in [0.15, 0.2) is 42.5 Å². The molecular formula is C19H18N2O2S. The van der Waals surface area contributed by atoms with Gasteiger partial charge in [-0.05, 0) is 31.0 Å². The van der Waals surface area contributed by atoms with Crippen molar-refractivity contribution >= 4 is 26.7 Å². The summed E-state index contributed by atoms with van der Waals surface area (Å²) in [6.07, 6.45) is 2.29. The molecule has 2 aliphatic rings. The molecule has 0 amide bonds. The second kappa shape index (κ2) is 5.67. The first-order valence-corrected chi connectivity index (χ1v) is 9.22. The fraction of sp³-hybridized carbons (Fsp3) is 0.316. The van der Waals surface area contributed by atoms with E-state index in [1.807, 2.05) is 12.1 Å². The molecule has 122 valence electrons. The van der Waals surface area contributed by atoms with Crippen LogP contribution in [0.4, 0.5) is 5.13 Å². The lowest BCUT2D eigenvalue weighted by Gasteiger charge is -2.28. The molecule has 4 nitrogen and oxygen atoms in total. The van der Waals surface area contributed by atoms with Gasteiger partial charge >= 0.3 is 0 Å². The Bertz CT molecular complexity index is 859. The van der Waals surface area contributed by atoms with Gasteiger partial charge in [-0.2, -0.15) is 0 Å². The average molecular weight is 338 g/mol. The Hall–Kier alpha value is -2.27. The zero-order valence-corrected chi connectivity index (χ0v) is 14.1. The molecule has 2 aromatic carbocycles. The van der Waals surface area contributed by atoms with Gasteiger partial charge in [0.05, 0.1) is 16.3 Å². The van der Waals surface area contributed by atoms with Crippen LogP contribution in [0.5, 0.6) is 11.5 Å². The standard InChI is InChI=1S/C19H18N2O2S/c1-2-9-17-14(6-1)20-19(24-17)21-10-4-7-15(21)13-5-3-8-16-18(13)23-12-11-22-16/h1-3,5-6,8-9,15H,4,7,10-12H2. The third-order valence-corrected chi connectivity index (χ3v) is 5.81. The van der Waals surface area contributed by atoms with Gasteiger partial charge in [0, 0.05) is 12.1 Å². The van der Waals surface area contributed by atoms with E-state index in [9.17, 15) is 0 Å². The second-order valence-corrected chi connectivity index (χ2v) is 7.20. The van der Waals surface area contributed by atoms with E-state index in [4.69, 9.17) is 14.5 Å². The molecule has 0 spiro atoms. The van der Waals surface area contributed by atoms with Crippen molar-refractivity contribution in [2.45, 2.75) is 18.9 Å². The highest BCUT2D eigenvalue weighted by molar-refractivity contribution is 7.22. The van der Waals surface area contributed by atoms with E-state index in [1.165, 1.54) is 16.7 Å². The Labute approximate surface area is 144 Å². The fourth-order valence-corrected chi connectivity index (χ4v) is 4.70. The van der Waals surface area contributed by atoms with Gasteiger partial charge in [-0.3, -0.25) is 0 Å². The van der Waals surface area contributed by atoms with E-state index in [0.717, 1.165) is 35.1 Å². The molecule has 0 bridgehead atoms. The van der Waals surface area contributed by atoms with Crippen LogP contribution in [-0.4, -0.2) is 24.7 Å². The first-order valence-electron chi connectivity index (χ1n) is 8.41. The molecule has 3 heterocycles. The van der Waals surface area contributed by atoms with Crippen LogP contribution in [-0.2, 0) is 0 Å². The van der Waals surface area contributed by atoms with Gasteiger partial charge in [0.2, 0.25) is 0 Å². The highest BCUT2D eigenvalue weighted by atomic mass is 32.1. The molecule has 1 fully saturated rings. The van der Waals surface area contributed by atoms with E-state index in [0.29, 0.717) is 19.3 Å². The summed E-state index contributed by atoms with van der Waals surface area (Å²) in [4.78, 5) is 7.28. The Balaban J connectivity index is 1.56. The number of anilines is 1. The molecule has 0 aliphatic carbocycles. The van der Waals surface area contributed by atoms with E-state index in [-0.39, 0.29) is 0 Å². The van der Waals surface area contributed by atoms with E-state index >= 15 is 0 Å². The summed E-state index contributed by atoms with van der Waals surface area (Å²) < 4.78 is 12.9. The summed E-state index contributed by atoms with van der Waals surface area (Å²) in [5.74, 6) is 1.79. The van der Waals surface area contributed by atoms with Gasteiger partial charge in [-0.15, -0.1) is 0 Å². The van der Waals surface area contributed by atoms with Gasteiger partial charge in [0.25, 0.3) is 0 Å². The maximum absolute atomic E-state index is 5.94.